The average Bonchev–Trinajstić information content (AvgIpc) is 3.34. The Balaban J connectivity index is 1.27. The molecule has 32 heavy (non-hydrogen) atoms. The van der Waals surface area contributed by atoms with Gasteiger partial charge in [0.25, 0.3) is 5.91 Å². The Hall–Kier alpha value is -3.66. The average molecular weight is 455 g/mol. The van der Waals surface area contributed by atoms with Crippen molar-refractivity contribution in [1.29, 1.82) is 0 Å². The van der Waals surface area contributed by atoms with Gasteiger partial charge in [0, 0.05) is 30.0 Å². The minimum absolute atomic E-state index is 0.0123. The molecular formula is C22H22N4O5S. The number of nitrogens with one attached hydrogen (secondary N) is 3. The zero-order chi connectivity index (χ0) is 22.5. The maximum atomic E-state index is 12.2. The van der Waals surface area contributed by atoms with Crippen LogP contribution in [0.1, 0.15) is 25.5 Å². The van der Waals surface area contributed by atoms with Crippen molar-refractivity contribution in [2.24, 2.45) is 5.92 Å². The minimum Gasteiger partial charge on any atom is -0.484 e. The van der Waals surface area contributed by atoms with Crippen molar-refractivity contribution in [3.63, 3.8) is 0 Å². The van der Waals surface area contributed by atoms with Gasteiger partial charge in [-0.05, 0) is 37.1 Å². The van der Waals surface area contributed by atoms with Crippen molar-refractivity contribution in [2.45, 2.75) is 26.3 Å². The Morgan fingerprint density at radius 3 is 2.81 bits per heavy atom. The lowest BCUT2D eigenvalue weighted by Gasteiger charge is -2.08. The predicted octanol–water partition coefficient (Wildman–Crippen LogP) is 3.41. The highest BCUT2D eigenvalue weighted by Gasteiger charge is 2.29. The van der Waals surface area contributed by atoms with Gasteiger partial charge in [0.05, 0.1) is 6.54 Å². The second-order valence-corrected chi connectivity index (χ2v) is 8.20. The maximum Gasteiger partial charge on any atom is 0.264 e. The number of furan rings is 1. The summed E-state index contributed by atoms with van der Waals surface area (Å²) < 4.78 is 11.2. The second-order valence-electron chi connectivity index (χ2n) is 7.34. The molecule has 0 unspecified atom stereocenters. The molecule has 2 aromatic heterocycles. The van der Waals surface area contributed by atoms with E-state index in [4.69, 9.17) is 9.15 Å². The summed E-state index contributed by atoms with van der Waals surface area (Å²) in [5.41, 5.74) is 1.22. The van der Waals surface area contributed by atoms with Gasteiger partial charge in [-0.25, -0.2) is 4.98 Å². The highest BCUT2D eigenvalue weighted by atomic mass is 32.1. The van der Waals surface area contributed by atoms with Crippen LogP contribution < -0.4 is 20.7 Å². The quantitative estimate of drug-likeness (QED) is 0.455. The standard InChI is InChI=1S/C22H22N4O5S/c1-13(27)23-10-17-7-8-19(31-17)18-12-32-22(25-18)26-20(28)11-30-16-4-2-3-15(9-16)24-21(29)14-5-6-14/h2-4,7-9,12,14H,5-6,10-11H2,1H3,(H,23,27)(H,24,29)(H,25,26,28). The van der Waals surface area contributed by atoms with E-state index in [1.54, 1.807) is 41.8 Å². The van der Waals surface area contributed by atoms with Crippen molar-refractivity contribution in [3.8, 4) is 17.2 Å². The molecule has 0 saturated heterocycles. The van der Waals surface area contributed by atoms with Gasteiger partial charge in [-0.2, -0.15) is 0 Å². The summed E-state index contributed by atoms with van der Waals surface area (Å²) >= 11 is 1.26. The van der Waals surface area contributed by atoms with Crippen LogP contribution in [-0.4, -0.2) is 29.3 Å². The second kappa shape index (κ2) is 9.65. The first-order chi connectivity index (χ1) is 15.5. The van der Waals surface area contributed by atoms with Crippen LogP contribution in [0.25, 0.3) is 11.5 Å². The number of hydrogen-bond acceptors (Lipinski definition) is 7. The molecule has 3 aromatic rings. The zero-order valence-electron chi connectivity index (χ0n) is 17.3. The van der Waals surface area contributed by atoms with E-state index < -0.39 is 0 Å². The highest BCUT2D eigenvalue weighted by Crippen LogP contribution is 2.30. The number of nitrogens with zero attached hydrogens (tertiary/aromatic N) is 1. The molecule has 10 heteroatoms. The van der Waals surface area contributed by atoms with Crippen LogP contribution in [0.5, 0.6) is 5.75 Å². The van der Waals surface area contributed by atoms with Gasteiger partial charge in [0.1, 0.15) is 17.2 Å². The fourth-order valence-corrected chi connectivity index (χ4v) is 3.54. The molecule has 166 valence electrons. The van der Waals surface area contributed by atoms with E-state index in [-0.39, 0.29) is 30.2 Å². The zero-order valence-corrected chi connectivity index (χ0v) is 18.2. The monoisotopic (exact) mass is 454 g/mol. The first-order valence-corrected chi connectivity index (χ1v) is 11.0. The number of aromatic nitrogens is 1. The number of carbonyl (C=O) groups is 3. The van der Waals surface area contributed by atoms with E-state index in [1.807, 2.05) is 0 Å². The van der Waals surface area contributed by atoms with Crippen LogP contribution in [0.2, 0.25) is 0 Å². The van der Waals surface area contributed by atoms with Crippen LogP contribution in [0.15, 0.2) is 46.2 Å². The Kier molecular flexibility index (Phi) is 6.50. The molecule has 1 aromatic carbocycles. The van der Waals surface area contributed by atoms with Crippen molar-refractivity contribution in [3.05, 3.63) is 47.5 Å². The summed E-state index contributed by atoms with van der Waals surface area (Å²) in [6.07, 6.45) is 1.86. The van der Waals surface area contributed by atoms with Gasteiger partial charge in [0.2, 0.25) is 11.8 Å². The Bertz CT molecular complexity index is 1130. The summed E-state index contributed by atoms with van der Waals surface area (Å²) in [6, 6.07) is 10.5. The summed E-state index contributed by atoms with van der Waals surface area (Å²) in [7, 11) is 0. The fraction of sp³-hybridized carbons (Fsp3) is 0.273. The van der Waals surface area contributed by atoms with E-state index in [0.29, 0.717) is 40.3 Å². The van der Waals surface area contributed by atoms with Crippen molar-refractivity contribution >= 4 is 39.9 Å². The first kappa shape index (κ1) is 21.6. The molecule has 2 heterocycles. The van der Waals surface area contributed by atoms with Gasteiger partial charge >= 0.3 is 0 Å². The molecule has 3 N–H and O–H groups in total. The Labute approximate surface area is 188 Å². The number of anilines is 2. The summed E-state index contributed by atoms with van der Waals surface area (Å²) in [4.78, 5) is 39.5. The third-order valence-electron chi connectivity index (χ3n) is 4.60. The van der Waals surface area contributed by atoms with E-state index in [1.165, 1.54) is 18.3 Å². The first-order valence-electron chi connectivity index (χ1n) is 10.1. The van der Waals surface area contributed by atoms with Crippen LogP contribution in [-0.2, 0) is 20.9 Å². The number of rotatable bonds is 9. The van der Waals surface area contributed by atoms with Crippen molar-refractivity contribution < 1.29 is 23.5 Å². The molecule has 1 aliphatic carbocycles. The van der Waals surface area contributed by atoms with Gasteiger partial charge in [-0.3, -0.25) is 19.7 Å². The summed E-state index contributed by atoms with van der Waals surface area (Å²) in [5.74, 6) is 1.26. The van der Waals surface area contributed by atoms with E-state index in [9.17, 15) is 14.4 Å². The van der Waals surface area contributed by atoms with E-state index in [2.05, 4.69) is 20.9 Å². The molecule has 0 spiro atoms. The molecule has 0 radical (unpaired) electrons. The number of carbonyl (C=O) groups excluding carboxylic acids is 3. The molecule has 0 aliphatic heterocycles. The Morgan fingerprint density at radius 1 is 1.19 bits per heavy atom. The fourth-order valence-electron chi connectivity index (χ4n) is 2.82. The number of benzene rings is 1. The number of hydrogen-bond donors (Lipinski definition) is 3. The topological polar surface area (TPSA) is 123 Å². The largest absolute Gasteiger partial charge is 0.484 e. The van der Waals surface area contributed by atoms with Gasteiger partial charge in [-0.15, -0.1) is 11.3 Å². The molecule has 0 bridgehead atoms. The third-order valence-corrected chi connectivity index (χ3v) is 5.35. The Morgan fingerprint density at radius 2 is 2.03 bits per heavy atom. The van der Waals surface area contributed by atoms with Gasteiger partial charge < -0.3 is 19.8 Å². The maximum absolute atomic E-state index is 12.2. The molecule has 1 aliphatic rings. The molecule has 0 atom stereocenters. The number of thiazole rings is 1. The lowest BCUT2D eigenvalue weighted by atomic mass is 10.3. The smallest absolute Gasteiger partial charge is 0.264 e. The van der Waals surface area contributed by atoms with Gasteiger partial charge in [-0.1, -0.05) is 6.07 Å². The lowest BCUT2D eigenvalue weighted by molar-refractivity contribution is -0.119. The normalized spacial score (nSPS) is 12.8. The number of amides is 3. The van der Waals surface area contributed by atoms with Crippen LogP contribution in [0.3, 0.4) is 0 Å². The van der Waals surface area contributed by atoms with Gasteiger partial charge in [0.15, 0.2) is 17.5 Å². The van der Waals surface area contributed by atoms with Crippen molar-refractivity contribution in [1.82, 2.24) is 10.3 Å². The molecule has 4 rings (SSSR count). The molecule has 3 amide bonds. The number of ether oxygens (including phenoxy) is 1. The lowest BCUT2D eigenvalue weighted by Crippen LogP contribution is -2.20. The summed E-state index contributed by atoms with van der Waals surface area (Å²) in [6.45, 7) is 1.54. The molecule has 9 nitrogen and oxygen atoms in total. The predicted molar refractivity (Wildman–Crippen MR) is 119 cm³/mol. The summed E-state index contributed by atoms with van der Waals surface area (Å²) in [5, 5.41) is 10.4. The van der Waals surface area contributed by atoms with Crippen LogP contribution in [0.4, 0.5) is 10.8 Å². The van der Waals surface area contributed by atoms with E-state index in [0.717, 1.165) is 12.8 Å². The van der Waals surface area contributed by atoms with E-state index >= 15 is 0 Å². The SMILES string of the molecule is CC(=O)NCc1ccc(-c2csc(NC(=O)COc3cccc(NC(=O)C4CC4)c3)n2)o1. The highest BCUT2D eigenvalue weighted by molar-refractivity contribution is 7.14. The molecular weight excluding hydrogens is 432 g/mol. The minimum atomic E-state index is -0.357. The van der Waals surface area contributed by atoms with Crippen LogP contribution in [0, 0.1) is 5.92 Å². The molecule has 1 fully saturated rings. The van der Waals surface area contributed by atoms with Crippen molar-refractivity contribution in [2.75, 3.05) is 17.2 Å². The molecule has 1 saturated carbocycles. The third kappa shape index (κ3) is 5.94. The van der Waals surface area contributed by atoms with Crippen LogP contribution >= 0.6 is 11.3 Å².